The maximum absolute atomic E-state index is 11.8. The number of thiazole rings is 1. The number of ether oxygens (including phenoxy) is 3. The summed E-state index contributed by atoms with van der Waals surface area (Å²) in [6, 6.07) is 0. The van der Waals surface area contributed by atoms with E-state index in [0.29, 0.717) is 30.6 Å². The third kappa shape index (κ3) is 3.95. The van der Waals surface area contributed by atoms with Crippen LogP contribution in [0.3, 0.4) is 0 Å². The quantitative estimate of drug-likeness (QED) is 0.818. The second-order valence-electron chi connectivity index (χ2n) is 3.78. The second-order valence-corrected chi connectivity index (χ2v) is 4.64. The highest BCUT2D eigenvalue weighted by Crippen LogP contribution is 2.17. The zero-order chi connectivity index (χ0) is 14.4. The first kappa shape index (κ1) is 14.3. The highest BCUT2D eigenvalue weighted by molar-refractivity contribution is 7.14. The summed E-state index contributed by atoms with van der Waals surface area (Å²) < 4.78 is 15.0. The third-order valence-electron chi connectivity index (χ3n) is 2.28. The normalized spacial score (nSPS) is 13.8. The lowest BCUT2D eigenvalue weighted by Crippen LogP contribution is -2.21. The van der Waals surface area contributed by atoms with Crippen LogP contribution in [0.5, 0.6) is 0 Å². The summed E-state index contributed by atoms with van der Waals surface area (Å²) in [7, 11) is 0. The van der Waals surface area contributed by atoms with E-state index in [9.17, 15) is 9.59 Å². The van der Waals surface area contributed by atoms with E-state index in [1.54, 1.807) is 12.3 Å². The Hall–Kier alpha value is -2.09. The van der Waals surface area contributed by atoms with Crippen molar-refractivity contribution in [1.29, 1.82) is 0 Å². The van der Waals surface area contributed by atoms with Crippen LogP contribution in [-0.2, 0) is 30.2 Å². The lowest BCUT2D eigenvalue weighted by molar-refractivity contribution is -0.142. The highest BCUT2D eigenvalue weighted by atomic mass is 32.1. The van der Waals surface area contributed by atoms with Crippen LogP contribution in [0.2, 0.25) is 0 Å². The molecule has 1 aromatic rings. The number of aromatic nitrogens is 1. The van der Waals surface area contributed by atoms with Crippen molar-refractivity contribution in [3.05, 3.63) is 23.1 Å². The molecular formula is C12H14N2O5S. The fourth-order valence-corrected chi connectivity index (χ4v) is 2.16. The summed E-state index contributed by atoms with van der Waals surface area (Å²) in [6.07, 6.45) is 1.36. The number of hydrogen-bond acceptors (Lipinski definition) is 7. The lowest BCUT2D eigenvalue weighted by atomic mass is 10.3. The zero-order valence-corrected chi connectivity index (χ0v) is 11.7. The average molecular weight is 298 g/mol. The summed E-state index contributed by atoms with van der Waals surface area (Å²) in [5, 5.41) is 4.67. The van der Waals surface area contributed by atoms with Gasteiger partial charge in [0.2, 0.25) is 5.76 Å². The Balaban J connectivity index is 1.90. The number of nitrogens with one attached hydrogen (secondary N) is 1. The predicted molar refractivity (Wildman–Crippen MR) is 71.1 cm³/mol. The van der Waals surface area contributed by atoms with E-state index in [4.69, 9.17) is 14.2 Å². The van der Waals surface area contributed by atoms with E-state index >= 15 is 0 Å². The molecule has 1 N–H and O–H groups in total. The molecule has 1 aromatic heterocycles. The minimum Gasteiger partial charge on any atom is -0.494 e. The average Bonchev–Trinajstić information content (AvgIpc) is 2.87. The van der Waals surface area contributed by atoms with Gasteiger partial charge >= 0.3 is 5.97 Å². The van der Waals surface area contributed by atoms with Gasteiger partial charge in [0.25, 0.3) is 5.91 Å². The van der Waals surface area contributed by atoms with Crippen LogP contribution in [-0.4, -0.2) is 36.7 Å². The van der Waals surface area contributed by atoms with Gasteiger partial charge in [-0.1, -0.05) is 0 Å². The smallest absolute Gasteiger partial charge is 0.311 e. The van der Waals surface area contributed by atoms with Crippen LogP contribution >= 0.6 is 11.3 Å². The van der Waals surface area contributed by atoms with E-state index in [0.717, 1.165) is 0 Å². The number of nitrogens with zero attached hydrogens (tertiary/aromatic N) is 1. The van der Waals surface area contributed by atoms with Gasteiger partial charge in [0.15, 0.2) is 5.13 Å². The molecule has 1 amide bonds. The lowest BCUT2D eigenvalue weighted by Gasteiger charge is -2.14. The van der Waals surface area contributed by atoms with Crippen LogP contribution < -0.4 is 5.32 Å². The number of rotatable bonds is 5. The molecule has 0 unspecified atom stereocenters. The largest absolute Gasteiger partial charge is 0.494 e. The summed E-state index contributed by atoms with van der Waals surface area (Å²) >= 11 is 1.23. The van der Waals surface area contributed by atoms with Crippen LogP contribution in [0.1, 0.15) is 12.6 Å². The SMILES string of the molecule is CCOC(=O)Cc1csc(NC(=O)C2=COCCO2)n1. The van der Waals surface area contributed by atoms with E-state index in [1.807, 2.05) is 0 Å². The molecule has 0 aliphatic carbocycles. The first-order valence-corrected chi connectivity index (χ1v) is 6.93. The Morgan fingerprint density at radius 2 is 2.35 bits per heavy atom. The van der Waals surface area contributed by atoms with Crippen molar-refractivity contribution in [1.82, 2.24) is 4.98 Å². The molecule has 1 aliphatic heterocycles. The molecule has 0 saturated carbocycles. The van der Waals surface area contributed by atoms with Gasteiger partial charge < -0.3 is 14.2 Å². The molecule has 8 heteroatoms. The molecule has 108 valence electrons. The molecule has 0 aromatic carbocycles. The maximum Gasteiger partial charge on any atom is 0.311 e. The fraction of sp³-hybridized carbons (Fsp3) is 0.417. The summed E-state index contributed by atoms with van der Waals surface area (Å²) in [6.45, 7) is 2.84. The van der Waals surface area contributed by atoms with Gasteiger partial charge in [0, 0.05) is 5.38 Å². The molecule has 0 spiro atoms. The van der Waals surface area contributed by atoms with Crippen molar-refractivity contribution in [2.75, 3.05) is 25.1 Å². The molecule has 0 radical (unpaired) electrons. The van der Waals surface area contributed by atoms with Crippen molar-refractivity contribution in [2.24, 2.45) is 0 Å². The maximum atomic E-state index is 11.8. The standard InChI is InChI=1S/C12H14N2O5S/c1-2-18-10(15)5-8-7-20-12(13-8)14-11(16)9-6-17-3-4-19-9/h6-7H,2-5H2,1H3,(H,13,14,16). The molecule has 1 aliphatic rings. The van der Waals surface area contributed by atoms with E-state index in [1.165, 1.54) is 17.6 Å². The predicted octanol–water partition coefficient (Wildman–Crippen LogP) is 1.08. The number of hydrogen-bond donors (Lipinski definition) is 1. The van der Waals surface area contributed by atoms with E-state index in [2.05, 4.69) is 10.3 Å². The summed E-state index contributed by atoms with van der Waals surface area (Å²) in [5.41, 5.74) is 0.554. The molecule has 20 heavy (non-hydrogen) atoms. The number of carbonyl (C=O) groups excluding carboxylic acids is 2. The topological polar surface area (TPSA) is 86.8 Å². The van der Waals surface area contributed by atoms with E-state index in [-0.39, 0.29) is 18.1 Å². The van der Waals surface area contributed by atoms with Gasteiger partial charge in [0.05, 0.1) is 18.7 Å². The first-order valence-electron chi connectivity index (χ1n) is 6.05. The number of anilines is 1. The molecule has 0 fully saturated rings. The van der Waals surface area contributed by atoms with Crippen molar-refractivity contribution in [2.45, 2.75) is 13.3 Å². The molecule has 0 bridgehead atoms. The fourth-order valence-electron chi connectivity index (χ4n) is 1.45. The van der Waals surface area contributed by atoms with Gasteiger partial charge in [-0.05, 0) is 6.92 Å². The van der Waals surface area contributed by atoms with Gasteiger partial charge in [-0.2, -0.15) is 0 Å². The molecule has 0 saturated heterocycles. The Kier molecular flexibility index (Phi) is 4.94. The van der Waals surface area contributed by atoms with Crippen LogP contribution in [0.4, 0.5) is 5.13 Å². The van der Waals surface area contributed by atoms with Crippen LogP contribution in [0, 0.1) is 0 Å². The molecule has 2 heterocycles. The van der Waals surface area contributed by atoms with Gasteiger partial charge in [0.1, 0.15) is 19.5 Å². The number of esters is 1. The van der Waals surface area contributed by atoms with Crippen LogP contribution in [0.25, 0.3) is 0 Å². The van der Waals surface area contributed by atoms with Crippen molar-refractivity contribution in [3.8, 4) is 0 Å². The minimum absolute atomic E-state index is 0.0858. The Bertz CT molecular complexity index is 526. The Morgan fingerprint density at radius 3 is 3.05 bits per heavy atom. The van der Waals surface area contributed by atoms with E-state index < -0.39 is 5.91 Å². The molecule has 2 rings (SSSR count). The van der Waals surface area contributed by atoms with Gasteiger partial charge in [-0.15, -0.1) is 11.3 Å². The number of amides is 1. The van der Waals surface area contributed by atoms with Gasteiger partial charge in [-0.25, -0.2) is 4.98 Å². The number of carbonyl (C=O) groups is 2. The van der Waals surface area contributed by atoms with Crippen molar-refractivity contribution in [3.63, 3.8) is 0 Å². The van der Waals surface area contributed by atoms with Crippen molar-refractivity contribution < 1.29 is 23.8 Å². The third-order valence-corrected chi connectivity index (χ3v) is 3.08. The van der Waals surface area contributed by atoms with Gasteiger partial charge in [-0.3, -0.25) is 14.9 Å². The van der Waals surface area contributed by atoms with Crippen molar-refractivity contribution >= 4 is 28.3 Å². The summed E-state index contributed by atoms with van der Waals surface area (Å²) in [4.78, 5) is 27.2. The molecule has 0 atom stereocenters. The monoisotopic (exact) mass is 298 g/mol. The molecule has 7 nitrogen and oxygen atoms in total. The Labute approximate surface area is 119 Å². The van der Waals surface area contributed by atoms with Crippen LogP contribution in [0.15, 0.2) is 17.4 Å². The summed E-state index contributed by atoms with van der Waals surface area (Å²) in [5.74, 6) is -0.664. The minimum atomic E-state index is -0.429. The molecular weight excluding hydrogens is 284 g/mol. The Morgan fingerprint density at radius 1 is 1.50 bits per heavy atom. The first-order chi connectivity index (χ1) is 9.69. The second kappa shape index (κ2) is 6.90. The zero-order valence-electron chi connectivity index (χ0n) is 10.9. The highest BCUT2D eigenvalue weighted by Gasteiger charge is 2.17.